The number of benzene rings is 3. The van der Waals surface area contributed by atoms with E-state index in [1.807, 2.05) is 48.5 Å². The van der Waals surface area contributed by atoms with Crippen molar-refractivity contribution in [3.63, 3.8) is 0 Å². The Morgan fingerprint density at radius 1 is 1.03 bits per heavy atom. The number of carbonyl (C=O) groups is 1. The predicted octanol–water partition coefficient (Wildman–Crippen LogP) is 4.50. The molecule has 0 aromatic heterocycles. The van der Waals surface area contributed by atoms with Crippen LogP contribution in [0.2, 0.25) is 0 Å². The number of hydrogen-bond donors (Lipinski definition) is 1. The summed E-state index contributed by atoms with van der Waals surface area (Å²) in [7, 11) is 1.62. The highest BCUT2D eigenvalue weighted by Gasteiger charge is 2.21. The lowest BCUT2D eigenvalue weighted by Gasteiger charge is -2.24. The van der Waals surface area contributed by atoms with Gasteiger partial charge in [-0.3, -0.25) is 4.79 Å². The zero-order chi connectivity index (χ0) is 21.6. The van der Waals surface area contributed by atoms with Crippen LogP contribution < -0.4 is 15.2 Å². The van der Waals surface area contributed by atoms with Crippen LogP contribution in [0.15, 0.2) is 77.9 Å². The van der Waals surface area contributed by atoms with Crippen LogP contribution in [0.4, 0.5) is 5.69 Å². The van der Waals surface area contributed by atoms with E-state index in [0.29, 0.717) is 35.9 Å². The topological polar surface area (TPSA) is 77.2 Å². The molecule has 4 rings (SSSR count). The summed E-state index contributed by atoms with van der Waals surface area (Å²) in [5, 5.41) is 6.17. The number of nitrogens with zero attached hydrogens (tertiary/aromatic N) is 2. The van der Waals surface area contributed by atoms with Crippen molar-refractivity contribution < 1.29 is 14.3 Å². The van der Waals surface area contributed by atoms with Gasteiger partial charge in [0.05, 0.1) is 12.8 Å². The Labute approximate surface area is 181 Å². The Hall–Kier alpha value is -3.80. The average molecular weight is 415 g/mol. The molecule has 2 N–H and O–H groups in total. The van der Waals surface area contributed by atoms with E-state index in [1.54, 1.807) is 31.4 Å². The molecular formula is C25H25N3O3. The molecule has 0 radical (unpaired) electrons. The summed E-state index contributed by atoms with van der Waals surface area (Å²) in [6, 6.07) is 22.6. The third-order valence-corrected chi connectivity index (χ3v) is 5.15. The zero-order valence-corrected chi connectivity index (χ0v) is 17.5. The maximum Gasteiger partial charge on any atom is 0.273 e. The lowest BCUT2D eigenvalue weighted by Crippen LogP contribution is -2.32. The molecule has 0 bridgehead atoms. The SMILES string of the molecule is COc1ccc(C2=NN(C(=O)c3ccc(N)cc3)CCC2)cc1OCc1ccccc1. The second-order valence-electron chi connectivity index (χ2n) is 7.34. The lowest BCUT2D eigenvalue weighted by molar-refractivity contribution is 0.0751. The van der Waals surface area contributed by atoms with E-state index in [4.69, 9.17) is 15.2 Å². The fourth-order valence-electron chi connectivity index (χ4n) is 3.47. The Kier molecular flexibility index (Phi) is 6.17. The van der Waals surface area contributed by atoms with Gasteiger partial charge in [-0.15, -0.1) is 0 Å². The van der Waals surface area contributed by atoms with E-state index in [2.05, 4.69) is 5.10 Å². The number of amides is 1. The van der Waals surface area contributed by atoms with Gasteiger partial charge in [0.2, 0.25) is 0 Å². The van der Waals surface area contributed by atoms with Crippen LogP contribution in [0.3, 0.4) is 0 Å². The second kappa shape index (κ2) is 9.34. The Bertz CT molecular complexity index is 1080. The van der Waals surface area contributed by atoms with Gasteiger partial charge in [-0.2, -0.15) is 5.10 Å². The average Bonchev–Trinajstić information content (AvgIpc) is 2.83. The molecule has 31 heavy (non-hydrogen) atoms. The van der Waals surface area contributed by atoms with Gasteiger partial charge >= 0.3 is 0 Å². The van der Waals surface area contributed by atoms with Crippen LogP contribution in [-0.2, 0) is 6.61 Å². The molecule has 1 amide bonds. The molecule has 0 unspecified atom stereocenters. The summed E-state index contributed by atoms with van der Waals surface area (Å²) in [5.74, 6) is 1.17. The van der Waals surface area contributed by atoms with Gasteiger partial charge in [0, 0.05) is 23.4 Å². The Morgan fingerprint density at radius 3 is 2.55 bits per heavy atom. The molecule has 0 saturated carbocycles. The minimum Gasteiger partial charge on any atom is -0.493 e. The summed E-state index contributed by atoms with van der Waals surface area (Å²) in [6.07, 6.45) is 1.63. The number of hydrogen-bond acceptors (Lipinski definition) is 5. The summed E-state index contributed by atoms with van der Waals surface area (Å²) >= 11 is 0. The summed E-state index contributed by atoms with van der Waals surface area (Å²) in [4.78, 5) is 12.8. The molecule has 1 aliphatic rings. The first-order valence-electron chi connectivity index (χ1n) is 10.2. The normalized spacial score (nSPS) is 13.5. The van der Waals surface area contributed by atoms with Crippen LogP contribution in [-0.4, -0.2) is 30.3 Å². The van der Waals surface area contributed by atoms with Gasteiger partial charge < -0.3 is 15.2 Å². The third kappa shape index (κ3) is 4.86. The van der Waals surface area contributed by atoms with Crippen molar-refractivity contribution >= 4 is 17.3 Å². The Balaban J connectivity index is 1.56. The molecule has 158 valence electrons. The fraction of sp³-hybridized carbons (Fsp3) is 0.200. The van der Waals surface area contributed by atoms with E-state index in [9.17, 15) is 4.79 Å². The number of carbonyl (C=O) groups excluding carboxylic acids is 1. The largest absolute Gasteiger partial charge is 0.493 e. The van der Waals surface area contributed by atoms with Gasteiger partial charge in [-0.05, 0) is 60.9 Å². The first kappa shape index (κ1) is 20.5. The van der Waals surface area contributed by atoms with Gasteiger partial charge in [0.1, 0.15) is 6.61 Å². The van der Waals surface area contributed by atoms with Crippen molar-refractivity contribution in [2.75, 3.05) is 19.4 Å². The van der Waals surface area contributed by atoms with Crippen molar-refractivity contribution in [1.82, 2.24) is 5.01 Å². The standard InChI is InChI=1S/C25H25N3O3/c1-30-23-14-11-20(16-24(23)31-17-18-6-3-2-4-7-18)22-8-5-15-28(27-22)25(29)19-9-12-21(26)13-10-19/h2-4,6-7,9-14,16H,5,8,15,17,26H2,1H3. The van der Waals surface area contributed by atoms with E-state index in [0.717, 1.165) is 29.7 Å². The smallest absolute Gasteiger partial charge is 0.273 e. The molecule has 0 aliphatic carbocycles. The molecule has 1 heterocycles. The maximum atomic E-state index is 12.8. The number of hydrazone groups is 1. The second-order valence-corrected chi connectivity index (χ2v) is 7.34. The molecule has 0 atom stereocenters. The molecular weight excluding hydrogens is 390 g/mol. The number of anilines is 1. The zero-order valence-electron chi connectivity index (χ0n) is 17.5. The highest BCUT2D eigenvalue weighted by molar-refractivity contribution is 6.03. The van der Waals surface area contributed by atoms with E-state index in [1.165, 1.54) is 5.01 Å². The highest BCUT2D eigenvalue weighted by atomic mass is 16.5. The molecule has 6 nitrogen and oxygen atoms in total. The highest BCUT2D eigenvalue weighted by Crippen LogP contribution is 2.30. The van der Waals surface area contributed by atoms with Crippen LogP contribution in [0.25, 0.3) is 0 Å². The molecule has 0 saturated heterocycles. The van der Waals surface area contributed by atoms with Crippen LogP contribution in [0.5, 0.6) is 11.5 Å². The molecule has 0 spiro atoms. The predicted molar refractivity (Wildman–Crippen MR) is 121 cm³/mol. The van der Waals surface area contributed by atoms with Gasteiger partial charge in [0.15, 0.2) is 11.5 Å². The lowest BCUT2D eigenvalue weighted by atomic mass is 10.0. The maximum absolute atomic E-state index is 12.8. The monoisotopic (exact) mass is 415 g/mol. The molecule has 0 fully saturated rings. The van der Waals surface area contributed by atoms with Crippen molar-refractivity contribution in [1.29, 1.82) is 0 Å². The van der Waals surface area contributed by atoms with Gasteiger partial charge in [-0.1, -0.05) is 30.3 Å². The minimum atomic E-state index is -0.133. The number of rotatable bonds is 6. The number of methoxy groups -OCH3 is 1. The minimum absolute atomic E-state index is 0.133. The van der Waals surface area contributed by atoms with Gasteiger partial charge in [0.25, 0.3) is 5.91 Å². The molecule has 3 aromatic carbocycles. The molecule has 3 aromatic rings. The number of nitrogens with two attached hydrogens (primary N) is 1. The van der Waals surface area contributed by atoms with Gasteiger partial charge in [-0.25, -0.2) is 5.01 Å². The van der Waals surface area contributed by atoms with Crippen molar-refractivity contribution in [2.45, 2.75) is 19.4 Å². The van der Waals surface area contributed by atoms with Crippen LogP contribution >= 0.6 is 0 Å². The number of nitrogen functional groups attached to an aromatic ring is 1. The van der Waals surface area contributed by atoms with Crippen molar-refractivity contribution in [3.05, 3.63) is 89.5 Å². The molecule has 6 heteroatoms. The van der Waals surface area contributed by atoms with Crippen LogP contribution in [0, 0.1) is 0 Å². The molecule has 1 aliphatic heterocycles. The number of ether oxygens (including phenoxy) is 2. The third-order valence-electron chi connectivity index (χ3n) is 5.15. The van der Waals surface area contributed by atoms with Crippen molar-refractivity contribution in [2.24, 2.45) is 5.10 Å². The summed E-state index contributed by atoms with van der Waals surface area (Å²) in [6.45, 7) is 1.02. The first-order chi connectivity index (χ1) is 15.1. The van der Waals surface area contributed by atoms with E-state index in [-0.39, 0.29) is 5.91 Å². The quantitative estimate of drug-likeness (QED) is 0.602. The van der Waals surface area contributed by atoms with Crippen molar-refractivity contribution in [3.8, 4) is 11.5 Å². The fourth-order valence-corrected chi connectivity index (χ4v) is 3.47. The first-order valence-corrected chi connectivity index (χ1v) is 10.2. The van der Waals surface area contributed by atoms with E-state index < -0.39 is 0 Å². The summed E-state index contributed by atoms with van der Waals surface area (Å²) < 4.78 is 11.5. The summed E-state index contributed by atoms with van der Waals surface area (Å²) in [5.41, 5.74) is 9.76. The Morgan fingerprint density at radius 2 is 1.81 bits per heavy atom. The van der Waals surface area contributed by atoms with E-state index >= 15 is 0 Å². The van der Waals surface area contributed by atoms with Crippen LogP contribution in [0.1, 0.15) is 34.3 Å².